The molecule has 0 fully saturated rings. The van der Waals surface area contributed by atoms with E-state index in [1.54, 1.807) is 7.11 Å². The normalized spacial score (nSPS) is 21.0. The van der Waals surface area contributed by atoms with Gasteiger partial charge in [0.2, 0.25) is 0 Å². The molecule has 1 heterocycles. The molecule has 94 valence electrons. The first-order valence-electron chi connectivity index (χ1n) is 6.27. The van der Waals surface area contributed by atoms with Gasteiger partial charge in [-0.3, -0.25) is 0 Å². The number of hydrogen-bond acceptors (Lipinski definition) is 3. The summed E-state index contributed by atoms with van der Waals surface area (Å²) in [5.41, 5.74) is 7.08. The van der Waals surface area contributed by atoms with E-state index >= 15 is 0 Å². The van der Waals surface area contributed by atoms with E-state index in [1.807, 2.05) is 12.1 Å². The first-order valence-corrected chi connectivity index (χ1v) is 6.27. The number of nitrogens with two attached hydrogens (primary N) is 1. The summed E-state index contributed by atoms with van der Waals surface area (Å²) in [7, 11) is 1.68. The molecule has 0 bridgehead atoms. The van der Waals surface area contributed by atoms with Crippen LogP contribution in [0.4, 0.5) is 0 Å². The van der Waals surface area contributed by atoms with Crippen LogP contribution in [0, 0.1) is 5.92 Å². The maximum Gasteiger partial charge on any atom is 0.126 e. The summed E-state index contributed by atoms with van der Waals surface area (Å²) in [5, 5.41) is 0. The lowest BCUT2D eigenvalue weighted by Gasteiger charge is -2.22. The Labute approximate surface area is 103 Å². The second-order valence-corrected chi connectivity index (χ2v) is 4.71. The largest absolute Gasteiger partial charge is 0.497 e. The molecule has 0 spiro atoms. The molecule has 0 aromatic heterocycles. The molecular weight excluding hydrogens is 214 g/mol. The van der Waals surface area contributed by atoms with Crippen LogP contribution in [0.5, 0.6) is 11.5 Å². The number of fused-ring (bicyclic) bond motifs is 1. The Morgan fingerprint density at radius 2 is 2.35 bits per heavy atom. The third-order valence-electron chi connectivity index (χ3n) is 3.60. The minimum Gasteiger partial charge on any atom is -0.497 e. The summed E-state index contributed by atoms with van der Waals surface area (Å²) in [6, 6.07) is 6.11. The molecule has 1 aromatic carbocycles. The molecular formula is C14H21NO2. The van der Waals surface area contributed by atoms with E-state index in [1.165, 1.54) is 5.56 Å². The van der Waals surface area contributed by atoms with E-state index in [2.05, 4.69) is 13.0 Å². The molecule has 0 amide bonds. The molecule has 17 heavy (non-hydrogen) atoms. The van der Waals surface area contributed by atoms with Crippen molar-refractivity contribution < 1.29 is 9.47 Å². The summed E-state index contributed by atoms with van der Waals surface area (Å²) in [5.74, 6) is 2.81. The Bertz CT molecular complexity index is 378. The Morgan fingerprint density at radius 3 is 3.06 bits per heavy atom. The highest BCUT2D eigenvalue weighted by Crippen LogP contribution is 2.39. The molecule has 3 heteroatoms. The van der Waals surface area contributed by atoms with Crippen molar-refractivity contribution in [3.63, 3.8) is 0 Å². The van der Waals surface area contributed by atoms with Gasteiger partial charge in [0.25, 0.3) is 0 Å². The van der Waals surface area contributed by atoms with Crippen LogP contribution in [-0.2, 0) is 0 Å². The number of ether oxygens (including phenoxy) is 2. The van der Waals surface area contributed by atoms with Gasteiger partial charge in [-0.2, -0.15) is 0 Å². The van der Waals surface area contributed by atoms with Gasteiger partial charge >= 0.3 is 0 Å². The summed E-state index contributed by atoms with van der Waals surface area (Å²) in [6.07, 6.45) is 2.24. The van der Waals surface area contributed by atoms with Gasteiger partial charge in [-0.1, -0.05) is 13.0 Å². The van der Waals surface area contributed by atoms with E-state index < -0.39 is 0 Å². The van der Waals surface area contributed by atoms with E-state index in [9.17, 15) is 0 Å². The molecule has 2 unspecified atom stereocenters. The lowest BCUT2D eigenvalue weighted by Crippen LogP contribution is -2.19. The number of hydrogen-bond donors (Lipinski definition) is 1. The number of rotatable bonds is 3. The first kappa shape index (κ1) is 12.2. The Hall–Kier alpha value is -1.22. The highest BCUT2D eigenvalue weighted by molar-refractivity contribution is 5.43. The molecule has 0 aliphatic carbocycles. The summed E-state index contributed by atoms with van der Waals surface area (Å²) >= 11 is 0. The lowest BCUT2D eigenvalue weighted by molar-refractivity contribution is 0.312. The zero-order valence-corrected chi connectivity index (χ0v) is 10.6. The third-order valence-corrected chi connectivity index (χ3v) is 3.60. The van der Waals surface area contributed by atoms with Gasteiger partial charge in [-0.05, 0) is 42.9 Å². The number of methoxy groups -OCH3 is 1. The first-order chi connectivity index (χ1) is 8.26. The molecule has 2 N–H and O–H groups in total. The summed E-state index contributed by atoms with van der Waals surface area (Å²) in [4.78, 5) is 0. The van der Waals surface area contributed by atoms with E-state index in [4.69, 9.17) is 15.2 Å². The second-order valence-electron chi connectivity index (χ2n) is 4.71. The highest BCUT2D eigenvalue weighted by atomic mass is 16.5. The smallest absolute Gasteiger partial charge is 0.126 e. The van der Waals surface area contributed by atoms with Gasteiger partial charge in [0, 0.05) is 6.07 Å². The number of benzene rings is 1. The van der Waals surface area contributed by atoms with Crippen molar-refractivity contribution in [3.05, 3.63) is 23.8 Å². The predicted octanol–water partition coefficient (Wildman–Crippen LogP) is 2.55. The topological polar surface area (TPSA) is 44.5 Å². The van der Waals surface area contributed by atoms with Crippen LogP contribution >= 0.6 is 0 Å². The van der Waals surface area contributed by atoms with Crippen molar-refractivity contribution in [1.29, 1.82) is 0 Å². The zero-order valence-electron chi connectivity index (χ0n) is 10.6. The summed E-state index contributed by atoms with van der Waals surface area (Å²) < 4.78 is 11.0. The lowest BCUT2D eigenvalue weighted by atomic mass is 9.84. The van der Waals surface area contributed by atoms with Crippen LogP contribution in [0.15, 0.2) is 18.2 Å². The fourth-order valence-corrected chi connectivity index (χ4v) is 2.47. The van der Waals surface area contributed by atoms with Crippen LogP contribution in [0.3, 0.4) is 0 Å². The van der Waals surface area contributed by atoms with Crippen LogP contribution in [0.25, 0.3) is 0 Å². The molecule has 0 saturated heterocycles. The van der Waals surface area contributed by atoms with Gasteiger partial charge in [-0.25, -0.2) is 0 Å². The highest BCUT2D eigenvalue weighted by Gasteiger charge is 2.24. The van der Waals surface area contributed by atoms with Crippen LogP contribution in [0.1, 0.15) is 31.2 Å². The fraction of sp³-hybridized carbons (Fsp3) is 0.571. The van der Waals surface area contributed by atoms with Crippen LogP contribution < -0.4 is 15.2 Å². The van der Waals surface area contributed by atoms with Crippen molar-refractivity contribution in [3.8, 4) is 11.5 Å². The second kappa shape index (κ2) is 5.41. The van der Waals surface area contributed by atoms with Crippen molar-refractivity contribution in [2.24, 2.45) is 11.7 Å². The zero-order chi connectivity index (χ0) is 12.3. The maximum absolute atomic E-state index is 5.80. The molecule has 1 aromatic rings. The molecule has 2 rings (SSSR count). The van der Waals surface area contributed by atoms with Gasteiger partial charge < -0.3 is 15.2 Å². The minimum atomic E-state index is 0.490. The standard InChI is InChI=1S/C14H21NO2/c1-10(9-15)12-4-3-7-17-14-8-11(16-2)5-6-13(12)14/h5-6,8,10,12H,3-4,7,9,15H2,1-2H3. The quantitative estimate of drug-likeness (QED) is 0.875. The minimum absolute atomic E-state index is 0.490. The van der Waals surface area contributed by atoms with E-state index in [0.717, 1.165) is 37.5 Å². The molecule has 1 aliphatic heterocycles. The maximum atomic E-state index is 5.80. The van der Waals surface area contributed by atoms with Gasteiger partial charge in [-0.15, -0.1) is 0 Å². The van der Waals surface area contributed by atoms with E-state index in [-0.39, 0.29) is 0 Å². The molecule has 3 nitrogen and oxygen atoms in total. The Morgan fingerprint density at radius 1 is 1.53 bits per heavy atom. The molecule has 0 radical (unpaired) electrons. The molecule has 1 aliphatic rings. The van der Waals surface area contributed by atoms with E-state index in [0.29, 0.717) is 11.8 Å². The average molecular weight is 235 g/mol. The molecule has 2 atom stereocenters. The molecule has 0 saturated carbocycles. The predicted molar refractivity (Wildman–Crippen MR) is 68.7 cm³/mol. The average Bonchev–Trinajstić information content (AvgIpc) is 2.59. The van der Waals surface area contributed by atoms with Gasteiger partial charge in [0.15, 0.2) is 0 Å². The van der Waals surface area contributed by atoms with Crippen LogP contribution in [-0.4, -0.2) is 20.3 Å². The van der Waals surface area contributed by atoms with Crippen molar-refractivity contribution in [2.45, 2.75) is 25.7 Å². The van der Waals surface area contributed by atoms with Crippen LogP contribution in [0.2, 0.25) is 0 Å². The Balaban J connectivity index is 2.35. The van der Waals surface area contributed by atoms with Gasteiger partial charge in [0.05, 0.1) is 13.7 Å². The van der Waals surface area contributed by atoms with Crippen molar-refractivity contribution >= 4 is 0 Å². The monoisotopic (exact) mass is 235 g/mol. The third kappa shape index (κ3) is 2.55. The van der Waals surface area contributed by atoms with Crippen molar-refractivity contribution in [1.82, 2.24) is 0 Å². The van der Waals surface area contributed by atoms with Gasteiger partial charge in [0.1, 0.15) is 11.5 Å². The SMILES string of the molecule is COc1ccc2c(c1)OCCCC2C(C)CN. The summed E-state index contributed by atoms with van der Waals surface area (Å²) in [6.45, 7) is 3.72. The van der Waals surface area contributed by atoms with Crippen molar-refractivity contribution in [2.75, 3.05) is 20.3 Å². The fourth-order valence-electron chi connectivity index (χ4n) is 2.47. The Kier molecular flexibility index (Phi) is 3.89.